The summed E-state index contributed by atoms with van der Waals surface area (Å²) in [5, 5.41) is 10.4. The van der Waals surface area contributed by atoms with Crippen molar-refractivity contribution >= 4 is 29.2 Å². The van der Waals surface area contributed by atoms with Gasteiger partial charge in [0.15, 0.2) is 5.16 Å². The molecule has 2 aromatic rings. The Morgan fingerprint density at radius 1 is 1.24 bits per heavy atom. The fourth-order valence-electron chi connectivity index (χ4n) is 2.42. The predicted octanol–water partition coefficient (Wildman–Crippen LogP) is 3.41. The molecule has 7 heteroatoms. The molecule has 2 aromatic heterocycles. The standard InChI is InChI=1S/C14H16ClN5S/c15-10-5-6-12(16)17-11(10)7-21-14-19-18-13(8-1-2-8)20(14)9-3-4-9/h5-6,8-9H,1-4,7H2,(H2,16,17). The van der Waals surface area contributed by atoms with E-state index >= 15 is 0 Å². The number of hydrogen-bond donors (Lipinski definition) is 1. The van der Waals surface area contributed by atoms with Crippen LogP contribution in [0.2, 0.25) is 5.02 Å². The Morgan fingerprint density at radius 2 is 2.05 bits per heavy atom. The molecule has 2 fully saturated rings. The molecule has 21 heavy (non-hydrogen) atoms. The van der Waals surface area contributed by atoms with Crippen molar-refractivity contribution in [1.82, 2.24) is 19.7 Å². The first-order chi connectivity index (χ1) is 10.2. The van der Waals surface area contributed by atoms with Crippen LogP contribution in [0.4, 0.5) is 5.82 Å². The van der Waals surface area contributed by atoms with Crippen molar-refractivity contribution in [2.75, 3.05) is 5.73 Å². The van der Waals surface area contributed by atoms with E-state index in [-0.39, 0.29) is 0 Å². The van der Waals surface area contributed by atoms with Gasteiger partial charge in [0.25, 0.3) is 0 Å². The second-order valence-electron chi connectivity index (χ2n) is 5.67. The zero-order chi connectivity index (χ0) is 14.4. The lowest BCUT2D eigenvalue weighted by Gasteiger charge is -2.08. The largest absolute Gasteiger partial charge is 0.384 e. The van der Waals surface area contributed by atoms with Gasteiger partial charge in [0.05, 0.1) is 10.7 Å². The minimum absolute atomic E-state index is 0.498. The van der Waals surface area contributed by atoms with E-state index in [1.54, 1.807) is 23.9 Å². The molecule has 5 nitrogen and oxygen atoms in total. The van der Waals surface area contributed by atoms with Crippen LogP contribution in [-0.2, 0) is 5.75 Å². The van der Waals surface area contributed by atoms with Crippen LogP contribution in [0.5, 0.6) is 0 Å². The highest BCUT2D eigenvalue weighted by atomic mass is 35.5. The number of nitrogens with zero attached hydrogens (tertiary/aromatic N) is 4. The summed E-state index contributed by atoms with van der Waals surface area (Å²) in [6, 6.07) is 4.11. The maximum atomic E-state index is 6.17. The lowest BCUT2D eigenvalue weighted by atomic mass is 10.4. The Balaban J connectivity index is 1.55. The molecule has 2 aliphatic rings. The normalized spacial score (nSPS) is 18.1. The van der Waals surface area contributed by atoms with E-state index in [9.17, 15) is 0 Å². The highest BCUT2D eigenvalue weighted by Crippen LogP contribution is 2.46. The van der Waals surface area contributed by atoms with Crippen LogP contribution >= 0.6 is 23.4 Å². The molecule has 2 saturated carbocycles. The van der Waals surface area contributed by atoms with E-state index in [4.69, 9.17) is 17.3 Å². The maximum Gasteiger partial charge on any atom is 0.191 e. The molecule has 0 bridgehead atoms. The molecule has 0 unspecified atom stereocenters. The van der Waals surface area contributed by atoms with Crippen molar-refractivity contribution in [3.05, 3.63) is 28.7 Å². The molecule has 2 aliphatic carbocycles. The molecule has 0 aromatic carbocycles. The average molecular weight is 322 g/mol. The quantitative estimate of drug-likeness (QED) is 0.854. The summed E-state index contributed by atoms with van der Waals surface area (Å²) in [6.07, 6.45) is 4.97. The van der Waals surface area contributed by atoms with Gasteiger partial charge in [0.1, 0.15) is 11.6 Å². The summed E-state index contributed by atoms with van der Waals surface area (Å²) in [5.74, 6) is 2.96. The van der Waals surface area contributed by atoms with Gasteiger partial charge in [-0.3, -0.25) is 0 Å². The van der Waals surface area contributed by atoms with Gasteiger partial charge in [-0.15, -0.1) is 10.2 Å². The first-order valence-corrected chi connectivity index (χ1v) is 8.57. The first-order valence-electron chi connectivity index (χ1n) is 7.21. The van der Waals surface area contributed by atoms with Crippen LogP contribution in [0.15, 0.2) is 17.3 Å². The van der Waals surface area contributed by atoms with Gasteiger partial charge in [-0.25, -0.2) is 4.98 Å². The van der Waals surface area contributed by atoms with E-state index in [0.29, 0.717) is 28.6 Å². The molecular formula is C14H16ClN5S. The van der Waals surface area contributed by atoms with Gasteiger partial charge in [0.2, 0.25) is 0 Å². The van der Waals surface area contributed by atoms with E-state index in [1.807, 2.05) is 0 Å². The lowest BCUT2D eigenvalue weighted by Crippen LogP contribution is -2.02. The van der Waals surface area contributed by atoms with Gasteiger partial charge in [-0.1, -0.05) is 23.4 Å². The number of anilines is 1. The van der Waals surface area contributed by atoms with Crippen LogP contribution in [-0.4, -0.2) is 19.7 Å². The average Bonchev–Trinajstić information content (AvgIpc) is 3.38. The molecule has 0 aliphatic heterocycles. The number of rotatable bonds is 5. The van der Waals surface area contributed by atoms with Gasteiger partial charge < -0.3 is 10.3 Å². The van der Waals surface area contributed by atoms with Crippen molar-refractivity contribution < 1.29 is 0 Å². The summed E-state index contributed by atoms with van der Waals surface area (Å²) in [6.45, 7) is 0. The van der Waals surface area contributed by atoms with Crippen LogP contribution in [0.25, 0.3) is 0 Å². The third kappa shape index (κ3) is 2.74. The number of nitrogens with two attached hydrogens (primary N) is 1. The summed E-state index contributed by atoms with van der Waals surface area (Å²) in [7, 11) is 0. The Morgan fingerprint density at radius 3 is 2.76 bits per heavy atom. The van der Waals surface area contributed by atoms with Crippen molar-refractivity contribution in [3.63, 3.8) is 0 Å². The summed E-state index contributed by atoms with van der Waals surface area (Å²) < 4.78 is 2.34. The van der Waals surface area contributed by atoms with Gasteiger partial charge in [-0.05, 0) is 37.8 Å². The summed E-state index contributed by atoms with van der Waals surface area (Å²) in [4.78, 5) is 4.30. The van der Waals surface area contributed by atoms with Crippen LogP contribution in [0.1, 0.15) is 49.2 Å². The van der Waals surface area contributed by atoms with Gasteiger partial charge >= 0.3 is 0 Å². The Labute approximate surface area is 132 Å². The first kappa shape index (κ1) is 13.4. The van der Waals surface area contributed by atoms with E-state index < -0.39 is 0 Å². The zero-order valence-corrected chi connectivity index (χ0v) is 13.1. The predicted molar refractivity (Wildman–Crippen MR) is 83.5 cm³/mol. The Bertz CT molecular complexity index is 678. The van der Waals surface area contributed by atoms with Crippen LogP contribution < -0.4 is 5.73 Å². The van der Waals surface area contributed by atoms with Crippen molar-refractivity contribution in [3.8, 4) is 0 Å². The van der Waals surface area contributed by atoms with E-state index in [0.717, 1.165) is 10.9 Å². The van der Waals surface area contributed by atoms with Gasteiger partial charge in [-0.2, -0.15) is 0 Å². The molecule has 0 amide bonds. The molecule has 4 rings (SSSR count). The molecule has 0 atom stereocenters. The van der Waals surface area contributed by atoms with Crippen molar-refractivity contribution in [2.45, 2.75) is 48.6 Å². The van der Waals surface area contributed by atoms with Crippen molar-refractivity contribution in [1.29, 1.82) is 0 Å². The number of halogens is 1. The monoisotopic (exact) mass is 321 g/mol. The summed E-state index contributed by atoms with van der Waals surface area (Å²) in [5.41, 5.74) is 6.53. The minimum atomic E-state index is 0.498. The molecule has 0 spiro atoms. The van der Waals surface area contributed by atoms with Crippen LogP contribution in [0.3, 0.4) is 0 Å². The SMILES string of the molecule is Nc1ccc(Cl)c(CSc2nnc(C3CC3)n2C2CC2)n1. The molecule has 0 saturated heterocycles. The smallest absolute Gasteiger partial charge is 0.191 e. The molecular weight excluding hydrogens is 306 g/mol. The van der Waals surface area contributed by atoms with E-state index in [1.165, 1.54) is 31.5 Å². The fraction of sp³-hybridized carbons (Fsp3) is 0.500. The van der Waals surface area contributed by atoms with Crippen LogP contribution in [0, 0.1) is 0 Å². The number of hydrogen-bond acceptors (Lipinski definition) is 5. The summed E-state index contributed by atoms with van der Waals surface area (Å²) >= 11 is 7.81. The number of nitrogen functional groups attached to an aromatic ring is 1. The lowest BCUT2D eigenvalue weighted by molar-refractivity contribution is 0.627. The third-order valence-electron chi connectivity index (χ3n) is 3.82. The zero-order valence-electron chi connectivity index (χ0n) is 11.5. The van der Waals surface area contributed by atoms with Crippen molar-refractivity contribution in [2.24, 2.45) is 0 Å². The number of pyridine rings is 1. The number of thioether (sulfide) groups is 1. The molecule has 2 heterocycles. The fourth-order valence-corrected chi connectivity index (χ4v) is 3.64. The Hall–Kier alpha value is -1.27. The number of aromatic nitrogens is 4. The maximum absolute atomic E-state index is 6.17. The van der Waals surface area contributed by atoms with E-state index in [2.05, 4.69) is 19.7 Å². The molecule has 110 valence electrons. The highest BCUT2D eigenvalue weighted by molar-refractivity contribution is 7.98. The van der Waals surface area contributed by atoms with Gasteiger partial charge in [0, 0.05) is 17.7 Å². The molecule has 0 radical (unpaired) electrons. The Kier molecular flexibility index (Phi) is 3.30. The third-order valence-corrected chi connectivity index (χ3v) is 5.12. The topological polar surface area (TPSA) is 69.6 Å². The molecule has 2 N–H and O–H groups in total. The second kappa shape index (κ2) is 5.18. The highest BCUT2D eigenvalue weighted by Gasteiger charge is 2.36. The second-order valence-corrected chi connectivity index (χ2v) is 7.02. The minimum Gasteiger partial charge on any atom is -0.384 e.